The Hall–Kier alpha value is -2.78. The fraction of sp³-hybridized carbons (Fsp3) is 0.235. The van der Waals surface area contributed by atoms with Crippen molar-refractivity contribution in [1.82, 2.24) is 9.78 Å². The first-order chi connectivity index (χ1) is 11.5. The molecular weight excluding hydrogens is 328 g/mol. The zero-order chi connectivity index (χ0) is 17.7. The summed E-state index contributed by atoms with van der Waals surface area (Å²) in [5.74, 6) is -0.0817. The average Bonchev–Trinajstić information content (AvgIpc) is 2.92. The maximum absolute atomic E-state index is 12.4. The van der Waals surface area contributed by atoms with E-state index in [9.17, 15) is 10.1 Å². The number of amides is 1. The lowest BCUT2D eigenvalue weighted by Gasteiger charge is -2.10. The van der Waals surface area contributed by atoms with Gasteiger partial charge in [0.15, 0.2) is 0 Å². The number of aryl methyl sites for hydroxylation is 1. The van der Waals surface area contributed by atoms with Crippen molar-refractivity contribution in [3.05, 3.63) is 46.2 Å². The van der Waals surface area contributed by atoms with Crippen LogP contribution in [0.2, 0.25) is 5.02 Å². The fourth-order valence-electron chi connectivity index (χ4n) is 2.19. The van der Waals surface area contributed by atoms with Crippen LogP contribution in [0, 0.1) is 18.3 Å². The SMILES string of the molecule is CCn1ncc(C=C(C#N)C(=O)Nc2cc(Cl)ccc2OC)c1C. The second kappa shape index (κ2) is 7.66. The molecule has 0 saturated carbocycles. The van der Waals surface area contributed by atoms with E-state index in [4.69, 9.17) is 16.3 Å². The van der Waals surface area contributed by atoms with E-state index in [0.29, 0.717) is 23.0 Å². The highest BCUT2D eigenvalue weighted by molar-refractivity contribution is 6.31. The highest BCUT2D eigenvalue weighted by Crippen LogP contribution is 2.28. The van der Waals surface area contributed by atoms with Crippen LogP contribution in [0.25, 0.3) is 6.08 Å². The van der Waals surface area contributed by atoms with E-state index in [-0.39, 0.29) is 5.57 Å². The number of benzene rings is 1. The summed E-state index contributed by atoms with van der Waals surface area (Å²) in [4.78, 5) is 12.4. The summed E-state index contributed by atoms with van der Waals surface area (Å²) in [5, 5.41) is 16.6. The van der Waals surface area contributed by atoms with E-state index < -0.39 is 5.91 Å². The molecule has 2 aromatic rings. The maximum Gasteiger partial charge on any atom is 0.266 e. The number of carbonyl (C=O) groups excluding carboxylic acids is 1. The minimum Gasteiger partial charge on any atom is -0.495 e. The molecule has 24 heavy (non-hydrogen) atoms. The number of ether oxygens (including phenoxy) is 1. The van der Waals surface area contributed by atoms with Gasteiger partial charge in [-0.25, -0.2) is 0 Å². The van der Waals surface area contributed by atoms with Gasteiger partial charge in [-0.1, -0.05) is 11.6 Å². The third-order valence-electron chi connectivity index (χ3n) is 3.52. The van der Waals surface area contributed by atoms with Gasteiger partial charge in [-0.15, -0.1) is 0 Å². The molecule has 2 rings (SSSR count). The van der Waals surface area contributed by atoms with Gasteiger partial charge in [0.05, 0.1) is 19.0 Å². The first kappa shape index (κ1) is 17.6. The molecule has 1 aromatic carbocycles. The molecule has 1 heterocycles. The van der Waals surface area contributed by atoms with Crippen molar-refractivity contribution < 1.29 is 9.53 Å². The highest BCUT2D eigenvalue weighted by Gasteiger charge is 2.14. The van der Waals surface area contributed by atoms with E-state index >= 15 is 0 Å². The smallest absolute Gasteiger partial charge is 0.266 e. The molecule has 0 fully saturated rings. The van der Waals surface area contributed by atoms with E-state index in [0.717, 1.165) is 11.3 Å². The molecule has 1 amide bonds. The summed E-state index contributed by atoms with van der Waals surface area (Å²) in [6.07, 6.45) is 3.14. The van der Waals surface area contributed by atoms with Crippen LogP contribution in [-0.4, -0.2) is 22.8 Å². The van der Waals surface area contributed by atoms with Crippen molar-refractivity contribution in [3.63, 3.8) is 0 Å². The van der Waals surface area contributed by atoms with Crippen LogP contribution in [0.4, 0.5) is 5.69 Å². The van der Waals surface area contributed by atoms with Gasteiger partial charge >= 0.3 is 0 Å². The van der Waals surface area contributed by atoms with E-state index in [1.165, 1.54) is 13.2 Å². The van der Waals surface area contributed by atoms with Gasteiger partial charge in [0.2, 0.25) is 0 Å². The van der Waals surface area contributed by atoms with E-state index in [1.807, 2.05) is 19.9 Å². The quantitative estimate of drug-likeness (QED) is 0.665. The predicted octanol–water partition coefficient (Wildman–Crippen LogP) is 3.42. The molecule has 0 atom stereocenters. The fourth-order valence-corrected chi connectivity index (χ4v) is 2.37. The Morgan fingerprint density at radius 3 is 2.88 bits per heavy atom. The predicted molar refractivity (Wildman–Crippen MR) is 92.9 cm³/mol. The minimum atomic E-state index is -0.540. The molecule has 124 valence electrons. The molecule has 0 radical (unpaired) electrons. The van der Waals surface area contributed by atoms with Gasteiger partial charge < -0.3 is 10.1 Å². The van der Waals surface area contributed by atoms with Crippen molar-refractivity contribution in [3.8, 4) is 11.8 Å². The number of carbonyl (C=O) groups is 1. The molecule has 0 aliphatic heterocycles. The number of rotatable bonds is 5. The molecule has 6 nitrogen and oxygen atoms in total. The minimum absolute atomic E-state index is 0.0317. The third-order valence-corrected chi connectivity index (χ3v) is 3.75. The molecule has 7 heteroatoms. The molecule has 1 N–H and O–H groups in total. The van der Waals surface area contributed by atoms with Crippen LogP contribution < -0.4 is 10.1 Å². The summed E-state index contributed by atoms with van der Waals surface area (Å²) in [6.45, 7) is 4.57. The third kappa shape index (κ3) is 3.76. The molecule has 0 aliphatic rings. The van der Waals surface area contributed by atoms with Crippen molar-refractivity contribution in [2.45, 2.75) is 20.4 Å². The van der Waals surface area contributed by atoms with Crippen LogP contribution in [0.5, 0.6) is 5.75 Å². The molecule has 0 unspecified atom stereocenters. The Labute approximate surface area is 145 Å². The van der Waals surface area contributed by atoms with Gasteiger partial charge in [0.25, 0.3) is 5.91 Å². The first-order valence-electron chi connectivity index (χ1n) is 7.29. The average molecular weight is 345 g/mol. The molecule has 0 spiro atoms. The van der Waals surface area contributed by atoms with Gasteiger partial charge in [-0.05, 0) is 38.1 Å². The Balaban J connectivity index is 2.30. The normalized spacial score (nSPS) is 11.0. The number of nitriles is 1. The molecule has 0 aliphatic carbocycles. The monoisotopic (exact) mass is 344 g/mol. The Kier molecular flexibility index (Phi) is 5.61. The van der Waals surface area contributed by atoms with Crippen LogP contribution in [0.3, 0.4) is 0 Å². The Morgan fingerprint density at radius 1 is 1.54 bits per heavy atom. The number of methoxy groups -OCH3 is 1. The second-order valence-corrected chi connectivity index (χ2v) is 5.41. The van der Waals surface area contributed by atoms with Crippen LogP contribution in [0.1, 0.15) is 18.2 Å². The lowest BCUT2D eigenvalue weighted by molar-refractivity contribution is -0.112. The summed E-state index contributed by atoms with van der Waals surface area (Å²) < 4.78 is 6.97. The largest absolute Gasteiger partial charge is 0.495 e. The standard InChI is InChI=1S/C17H17ClN4O2/c1-4-22-11(2)13(10-20-22)7-12(9-19)17(23)21-15-8-14(18)5-6-16(15)24-3/h5-8,10H,4H2,1-3H3,(H,21,23). The highest BCUT2D eigenvalue weighted by atomic mass is 35.5. The van der Waals surface area contributed by atoms with E-state index in [2.05, 4.69) is 10.4 Å². The van der Waals surface area contributed by atoms with Gasteiger partial charge in [-0.3, -0.25) is 9.48 Å². The van der Waals surface area contributed by atoms with Crippen molar-refractivity contribution in [2.24, 2.45) is 0 Å². The number of nitrogens with zero attached hydrogens (tertiary/aromatic N) is 3. The number of hydrogen-bond donors (Lipinski definition) is 1. The zero-order valence-electron chi connectivity index (χ0n) is 13.6. The number of anilines is 1. The van der Waals surface area contributed by atoms with Crippen molar-refractivity contribution in [2.75, 3.05) is 12.4 Å². The lowest BCUT2D eigenvalue weighted by Crippen LogP contribution is -2.14. The maximum atomic E-state index is 12.4. The zero-order valence-corrected chi connectivity index (χ0v) is 14.4. The van der Waals surface area contributed by atoms with Gasteiger partial charge in [-0.2, -0.15) is 10.4 Å². The lowest BCUT2D eigenvalue weighted by atomic mass is 10.1. The summed E-state index contributed by atoms with van der Waals surface area (Å²) >= 11 is 5.94. The van der Waals surface area contributed by atoms with Crippen LogP contribution >= 0.6 is 11.6 Å². The summed E-state index contributed by atoms with van der Waals surface area (Å²) in [7, 11) is 1.49. The Bertz CT molecular complexity index is 834. The van der Waals surface area contributed by atoms with Crippen molar-refractivity contribution in [1.29, 1.82) is 5.26 Å². The molecule has 0 saturated heterocycles. The van der Waals surface area contributed by atoms with Crippen molar-refractivity contribution >= 4 is 29.3 Å². The van der Waals surface area contributed by atoms with E-state index in [1.54, 1.807) is 29.1 Å². The van der Waals surface area contributed by atoms with Crippen LogP contribution in [-0.2, 0) is 11.3 Å². The number of aromatic nitrogens is 2. The molecule has 0 bridgehead atoms. The number of hydrogen-bond acceptors (Lipinski definition) is 4. The van der Waals surface area contributed by atoms with Gasteiger partial charge in [0.1, 0.15) is 17.4 Å². The second-order valence-electron chi connectivity index (χ2n) is 4.97. The number of halogens is 1. The molecular formula is C17H17ClN4O2. The van der Waals surface area contributed by atoms with Crippen LogP contribution in [0.15, 0.2) is 30.0 Å². The first-order valence-corrected chi connectivity index (χ1v) is 7.67. The molecule has 1 aromatic heterocycles. The summed E-state index contributed by atoms with van der Waals surface area (Å²) in [6, 6.07) is 6.77. The summed E-state index contributed by atoms with van der Waals surface area (Å²) in [5.41, 5.74) is 1.98. The number of nitrogens with one attached hydrogen (secondary N) is 1. The topological polar surface area (TPSA) is 79.9 Å². The Morgan fingerprint density at radius 2 is 2.29 bits per heavy atom. The van der Waals surface area contributed by atoms with Gasteiger partial charge in [0, 0.05) is 22.8 Å².